The van der Waals surface area contributed by atoms with Crippen LogP contribution in [0.2, 0.25) is 0 Å². The molecule has 1 heterocycles. The number of amides is 5. The summed E-state index contributed by atoms with van der Waals surface area (Å²) < 4.78 is 10.8. The maximum absolute atomic E-state index is 14.2. The molecule has 0 aromatic heterocycles. The number of urea groups is 2. The second-order valence-corrected chi connectivity index (χ2v) is 13.2. The van der Waals surface area contributed by atoms with Gasteiger partial charge in [-0.1, -0.05) is 67.4 Å². The second kappa shape index (κ2) is 15.5. The number of anilines is 2. The maximum Gasteiger partial charge on any atom is 0.328 e. The van der Waals surface area contributed by atoms with E-state index < -0.39 is 17.6 Å². The van der Waals surface area contributed by atoms with Gasteiger partial charge in [0, 0.05) is 24.8 Å². The highest BCUT2D eigenvalue weighted by atomic mass is 16.5. The molecule has 1 aliphatic heterocycles. The third kappa shape index (κ3) is 8.58. The molecular weight excluding hydrogens is 622 g/mol. The van der Waals surface area contributed by atoms with Gasteiger partial charge in [0.25, 0.3) is 5.91 Å². The molecule has 2 fully saturated rings. The molecule has 3 aromatic carbocycles. The van der Waals surface area contributed by atoms with E-state index >= 15 is 0 Å². The van der Waals surface area contributed by atoms with Gasteiger partial charge in [0.15, 0.2) is 0 Å². The smallest absolute Gasteiger partial charge is 0.328 e. The molecule has 2 atom stereocenters. The number of nitrogens with one attached hydrogen (secondary N) is 3. The first-order chi connectivity index (χ1) is 23.5. The average molecular weight is 670 g/mol. The van der Waals surface area contributed by atoms with Crippen molar-refractivity contribution in [2.75, 3.05) is 30.9 Å². The van der Waals surface area contributed by atoms with E-state index in [9.17, 15) is 19.2 Å². The number of esters is 1. The summed E-state index contributed by atoms with van der Waals surface area (Å²) >= 11 is 0. The topological polar surface area (TPSA) is 129 Å². The van der Waals surface area contributed by atoms with Crippen molar-refractivity contribution in [2.24, 2.45) is 5.92 Å². The summed E-state index contributed by atoms with van der Waals surface area (Å²) in [5.41, 5.74) is 2.68. The number of para-hydroxylation sites is 1. The minimum absolute atomic E-state index is 0.133. The number of imide groups is 1. The third-order valence-electron chi connectivity index (χ3n) is 9.25. The largest absolute Gasteiger partial charge is 0.495 e. The highest BCUT2D eigenvalue weighted by Crippen LogP contribution is 2.39. The monoisotopic (exact) mass is 669 g/mol. The Morgan fingerprint density at radius 2 is 1.65 bits per heavy atom. The minimum Gasteiger partial charge on any atom is -0.495 e. The van der Waals surface area contributed by atoms with Gasteiger partial charge in [-0.2, -0.15) is 0 Å². The van der Waals surface area contributed by atoms with Gasteiger partial charge in [-0.3, -0.25) is 14.5 Å². The molecule has 5 rings (SSSR count). The number of hydrogen-bond acceptors (Lipinski definition) is 7. The first kappa shape index (κ1) is 35.4. The molecule has 49 heavy (non-hydrogen) atoms. The second-order valence-electron chi connectivity index (χ2n) is 13.2. The predicted octanol–water partition coefficient (Wildman–Crippen LogP) is 6.64. The molecule has 5 amide bonds. The summed E-state index contributed by atoms with van der Waals surface area (Å²) in [4.78, 5) is 56.5. The molecule has 1 saturated heterocycles. The molecule has 1 aliphatic carbocycles. The Labute approximate surface area is 288 Å². The van der Waals surface area contributed by atoms with Gasteiger partial charge >= 0.3 is 18.0 Å². The number of methoxy groups -OCH3 is 1. The van der Waals surface area contributed by atoms with Crippen molar-refractivity contribution in [1.29, 1.82) is 0 Å². The van der Waals surface area contributed by atoms with Crippen molar-refractivity contribution in [3.05, 3.63) is 89.5 Å². The minimum atomic E-state index is -1.10. The zero-order valence-corrected chi connectivity index (χ0v) is 29.0. The molecule has 3 aromatic rings. The van der Waals surface area contributed by atoms with Gasteiger partial charge in [-0.25, -0.2) is 9.59 Å². The lowest BCUT2D eigenvalue weighted by Gasteiger charge is -2.29. The van der Waals surface area contributed by atoms with E-state index in [0.717, 1.165) is 29.5 Å². The molecule has 2 aliphatic rings. The van der Waals surface area contributed by atoms with Gasteiger partial charge in [0.05, 0.1) is 31.9 Å². The SMILES string of the molecule is CCOC(=O)CC(NCC(CC1CC1)N1C(=O)N(Cc2ccc(NC(=O)Nc3ccccc3C)c(OC)c2)C(C)(C)C1=O)c1ccccc1. The standard InChI is InChI=1S/C38H47N5O6/c1-6-49-34(44)22-32(28-13-8-7-9-14-28)39-23-29(20-26-16-17-26)43-35(45)38(3,4)42(37(43)47)24-27-18-19-31(33(21-27)48-5)41-36(46)40-30-15-11-10-12-25(30)2/h7-15,18-19,21,26,29,32,39H,6,16-17,20,22-24H2,1-5H3,(H2,40,41,46). The van der Waals surface area contributed by atoms with Gasteiger partial charge in [0.1, 0.15) is 11.3 Å². The van der Waals surface area contributed by atoms with Gasteiger partial charge < -0.3 is 30.3 Å². The van der Waals surface area contributed by atoms with Crippen LogP contribution in [0.15, 0.2) is 72.8 Å². The Kier molecular flexibility index (Phi) is 11.2. The van der Waals surface area contributed by atoms with E-state index in [2.05, 4.69) is 16.0 Å². The first-order valence-electron chi connectivity index (χ1n) is 16.9. The highest BCUT2D eigenvalue weighted by molar-refractivity contribution is 6.07. The van der Waals surface area contributed by atoms with E-state index in [4.69, 9.17) is 9.47 Å². The van der Waals surface area contributed by atoms with Crippen LogP contribution in [0, 0.1) is 12.8 Å². The third-order valence-corrected chi connectivity index (χ3v) is 9.25. The van der Waals surface area contributed by atoms with E-state index in [1.807, 2.05) is 67.6 Å². The van der Waals surface area contributed by atoms with E-state index in [1.165, 1.54) is 12.0 Å². The molecule has 0 bridgehead atoms. The summed E-state index contributed by atoms with van der Waals surface area (Å²) in [5.74, 6) is 0.295. The van der Waals surface area contributed by atoms with Crippen LogP contribution in [0.4, 0.5) is 21.0 Å². The van der Waals surface area contributed by atoms with Crippen LogP contribution < -0.4 is 20.7 Å². The Hall–Kier alpha value is -4.90. The fourth-order valence-corrected chi connectivity index (χ4v) is 6.24. The number of ether oxygens (including phenoxy) is 2. The molecule has 11 heteroatoms. The normalized spacial score (nSPS) is 16.7. The lowest BCUT2D eigenvalue weighted by molar-refractivity contribution is -0.144. The first-order valence-corrected chi connectivity index (χ1v) is 16.9. The van der Waals surface area contributed by atoms with Crippen LogP contribution in [0.25, 0.3) is 0 Å². The van der Waals surface area contributed by atoms with Crippen LogP contribution in [0.5, 0.6) is 5.75 Å². The molecule has 1 saturated carbocycles. The maximum atomic E-state index is 14.2. The van der Waals surface area contributed by atoms with Gasteiger partial charge in [-0.05, 0) is 74.9 Å². The molecule has 3 N–H and O–H groups in total. The fourth-order valence-electron chi connectivity index (χ4n) is 6.24. The summed E-state index contributed by atoms with van der Waals surface area (Å²) in [6.45, 7) is 8.03. The van der Waals surface area contributed by atoms with Crippen molar-refractivity contribution < 1.29 is 28.7 Å². The Balaban J connectivity index is 1.31. The average Bonchev–Trinajstić information content (AvgIpc) is 3.89. The number of nitrogens with zero attached hydrogens (tertiary/aromatic N) is 2. The molecule has 0 spiro atoms. The van der Waals surface area contributed by atoms with Crippen LogP contribution in [0.3, 0.4) is 0 Å². The fraction of sp³-hybridized carbons (Fsp3) is 0.421. The van der Waals surface area contributed by atoms with Crippen molar-refractivity contribution in [1.82, 2.24) is 15.1 Å². The van der Waals surface area contributed by atoms with Crippen molar-refractivity contribution >= 4 is 35.3 Å². The van der Waals surface area contributed by atoms with Crippen LogP contribution in [-0.4, -0.2) is 65.6 Å². The summed E-state index contributed by atoms with van der Waals surface area (Å²) in [5, 5.41) is 9.19. The van der Waals surface area contributed by atoms with Crippen LogP contribution >= 0.6 is 0 Å². The summed E-state index contributed by atoms with van der Waals surface area (Å²) in [7, 11) is 1.51. The van der Waals surface area contributed by atoms with Crippen molar-refractivity contribution in [2.45, 2.75) is 77.5 Å². The molecule has 2 unspecified atom stereocenters. The quantitative estimate of drug-likeness (QED) is 0.122. The van der Waals surface area contributed by atoms with Crippen molar-refractivity contribution in [3.63, 3.8) is 0 Å². The number of aryl methyl sites for hydroxylation is 1. The Morgan fingerprint density at radius 3 is 2.33 bits per heavy atom. The number of benzene rings is 3. The molecule has 260 valence electrons. The lowest BCUT2D eigenvalue weighted by atomic mass is 10.0. The predicted molar refractivity (Wildman–Crippen MR) is 188 cm³/mol. The van der Waals surface area contributed by atoms with E-state index in [0.29, 0.717) is 42.6 Å². The van der Waals surface area contributed by atoms with E-state index in [-0.39, 0.29) is 36.9 Å². The zero-order chi connectivity index (χ0) is 35.1. The Bertz CT molecular complexity index is 1660. The van der Waals surface area contributed by atoms with Crippen LogP contribution in [0.1, 0.15) is 69.2 Å². The van der Waals surface area contributed by atoms with E-state index in [1.54, 1.807) is 37.8 Å². The number of hydrogen-bond donors (Lipinski definition) is 3. The molecular formula is C38H47N5O6. The number of carbonyl (C=O) groups is 4. The highest BCUT2D eigenvalue weighted by Gasteiger charge is 2.53. The lowest BCUT2D eigenvalue weighted by Crippen LogP contribution is -2.48. The Morgan fingerprint density at radius 1 is 0.959 bits per heavy atom. The zero-order valence-electron chi connectivity index (χ0n) is 29.0. The number of carbonyl (C=O) groups excluding carboxylic acids is 4. The molecule has 0 radical (unpaired) electrons. The van der Waals surface area contributed by atoms with Crippen molar-refractivity contribution in [3.8, 4) is 5.75 Å². The van der Waals surface area contributed by atoms with Gasteiger partial charge in [0.2, 0.25) is 0 Å². The van der Waals surface area contributed by atoms with Crippen LogP contribution in [-0.2, 0) is 20.9 Å². The number of rotatable bonds is 15. The van der Waals surface area contributed by atoms with Gasteiger partial charge in [-0.15, -0.1) is 0 Å². The summed E-state index contributed by atoms with van der Waals surface area (Å²) in [6.07, 6.45) is 2.95. The molecule has 11 nitrogen and oxygen atoms in total. The summed E-state index contributed by atoms with van der Waals surface area (Å²) in [6, 6.07) is 21.0.